The van der Waals surface area contributed by atoms with E-state index < -0.39 is 5.82 Å². The molecule has 1 amide bonds. The topological polar surface area (TPSA) is 66.9 Å². The van der Waals surface area contributed by atoms with E-state index in [1.165, 1.54) is 30.6 Å². The van der Waals surface area contributed by atoms with Crippen molar-refractivity contribution < 1.29 is 9.18 Å². The fraction of sp³-hybridized carbons (Fsp3) is 0.312. The number of aromatic nitrogens is 2. The van der Waals surface area contributed by atoms with Gasteiger partial charge >= 0.3 is 0 Å². The van der Waals surface area contributed by atoms with Gasteiger partial charge in [0.05, 0.1) is 5.02 Å². The van der Waals surface area contributed by atoms with Gasteiger partial charge in [0.25, 0.3) is 5.91 Å². The van der Waals surface area contributed by atoms with Crippen LogP contribution in [0.1, 0.15) is 30.8 Å². The Morgan fingerprint density at radius 2 is 2.09 bits per heavy atom. The quantitative estimate of drug-likeness (QED) is 0.842. The van der Waals surface area contributed by atoms with Crippen molar-refractivity contribution in [3.8, 4) is 0 Å². The van der Waals surface area contributed by atoms with Crippen molar-refractivity contribution in [3.05, 3.63) is 47.1 Å². The van der Waals surface area contributed by atoms with Crippen LogP contribution in [0.5, 0.6) is 0 Å². The van der Waals surface area contributed by atoms with E-state index in [2.05, 4.69) is 34.4 Å². The first-order valence-electron chi connectivity index (χ1n) is 7.28. The summed E-state index contributed by atoms with van der Waals surface area (Å²) < 4.78 is 13.1. The molecule has 0 spiro atoms. The highest BCUT2D eigenvalue weighted by Gasteiger charge is 2.09. The number of amides is 1. The largest absolute Gasteiger partial charge is 0.351 e. The van der Waals surface area contributed by atoms with Crippen molar-refractivity contribution in [2.45, 2.75) is 20.3 Å². The average molecular weight is 337 g/mol. The third-order valence-corrected chi connectivity index (χ3v) is 3.39. The van der Waals surface area contributed by atoms with Crippen LogP contribution in [-0.2, 0) is 0 Å². The van der Waals surface area contributed by atoms with E-state index in [1.54, 1.807) is 0 Å². The van der Waals surface area contributed by atoms with E-state index in [-0.39, 0.29) is 16.6 Å². The molecular weight excluding hydrogens is 319 g/mol. The summed E-state index contributed by atoms with van der Waals surface area (Å²) in [7, 11) is 0. The van der Waals surface area contributed by atoms with Crippen LogP contribution in [-0.4, -0.2) is 22.4 Å². The predicted molar refractivity (Wildman–Crippen MR) is 88.5 cm³/mol. The molecule has 0 unspecified atom stereocenters. The number of anilines is 2. The Morgan fingerprint density at radius 3 is 2.78 bits per heavy atom. The zero-order valence-corrected chi connectivity index (χ0v) is 13.7. The number of carbonyl (C=O) groups excluding carboxylic acids is 1. The van der Waals surface area contributed by atoms with Gasteiger partial charge in [0.15, 0.2) is 0 Å². The number of nitrogens with one attached hydrogen (secondary N) is 2. The van der Waals surface area contributed by atoms with Crippen molar-refractivity contribution in [1.82, 2.24) is 15.3 Å². The summed E-state index contributed by atoms with van der Waals surface area (Å²) >= 11 is 5.73. The number of hydrogen-bond donors (Lipinski definition) is 2. The molecule has 0 saturated carbocycles. The summed E-state index contributed by atoms with van der Waals surface area (Å²) in [5.41, 5.74) is 0.834. The first-order valence-corrected chi connectivity index (χ1v) is 7.66. The minimum Gasteiger partial charge on any atom is -0.351 e. The third-order valence-electron chi connectivity index (χ3n) is 3.10. The number of hydrogen-bond acceptors (Lipinski definition) is 4. The van der Waals surface area contributed by atoms with Crippen LogP contribution in [0, 0.1) is 11.7 Å². The monoisotopic (exact) mass is 336 g/mol. The van der Waals surface area contributed by atoms with E-state index in [0.717, 1.165) is 6.42 Å². The molecule has 122 valence electrons. The molecule has 0 radical (unpaired) electrons. The van der Waals surface area contributed by atoms with Gasteiger partial charge in [0, 0.05) is 18.3 Å². The Bertz CT molecular complexity index is 694. The third kappa shape index (κ3) is 5.17. The predicted octanol–water partition coefficient (Wildman–Crippen LogP) is 3.79. The Balaban J connectivity index is 2.04. The molecule has 1 aromatic heterocycles. The Hall–Kier alpha value is -2.21. The molecule has 7 heteroatoms. The second kappa shape index (κ2) is 7.87. The molecule has 2 N–H and O–H groups in total. The maximum atomic E-state index is 13.1. The standard InChI is InChI=1S/C16H18ClFN4O/c1-10(2)5-6-19-16(23)14-8-15(21-9-20-14)22-11-3-4-13(18)12(17)7-11/h3-4,7-10H,5-6H2,1-2H3,(H,19,23)(H,20,21,22). The molecule has 5 nitrogen and oxygen atoms in total. The first kappa shape index (κ1) is 17.1. The lowest BCUT2D eigenvalue weighted by atomic mass is 10.1. The minimum atomic E-state index is -0.495. The lowest BCUT2D eigenvalue weighted by Crippen LogP contribution is -2.26. The fourth-order valence-corrected chi connectivity index (χ4v) is 2.02. The van der Waals surface area contributed by atoms with Crippen molar-refractivity contribution >= 4 is 29.0 Å². The van der Waals surface area contributed by atoms with E-state index in [1.807, 2.05) is 0 Å². The van der Waals surface area contributed by atoms with Gasteiger partial charge in [-0.2, -0.15) is 0 Å². The lowest BCUT2D eigenvalue weighted by molar-refractivity contribution is 0.0947. The number of halogens is 2. The van der Waals surface area contributed by atoms with Crippen molar-refractivity contribution in [1.29, 1.82) is 0 Å². The zero-order chi connectivity index (χ0) is 16.8. The normalized spacial score (nSPS) is 10.7. The molecule has 0 saturated heterocycles. The van der Waals surface area contributed by atoms with E-state index in [4.69, 9.17) is 11.6 Å². The summed E-state index contributed by atoms with van der Waals surface area (Å²) in [6.45, 7) is 4.77. The van der Waals surface area contributed by atoms with Gasteiger partial charge in [-0.05, 0) is 30.5 Å². The van der Waals surface area contributed by atoms with E-state index in [9.17, 15) is 9.18 Å². The maximum absolute atomic E-state index is 13.1. The van der Waals surface area contributed by atoms with Crippen LogP contribution < -0.4 is 10.6 Å². The molecule has 2 aromatic rings. The van der Waals surface area contributed by atoms with Crippen LogP contribution in [0.15, 0.2) is 30.6 Å². The lowest BCUT2D eigenvalue weighted by Gasteiger charge is -2.09. The van der Waals surface area contributed by atoms with Gasteiger partial charge in [-0.3, -0.25) is 4.79 Å². The zero-order valence-electron chi connectivity index (χ0n) is 12.9. The van der Waals surface area contributed by atoms with Gasteiger partial charge in [0.2, 0.25) is 0 Å². The highest BCUT2D eigenvalue weighted by atomic mass is 35.5. The molecule has 0 bridgehead atoms. The summed E-state index contributed by atoms with van der Waals surface area (Å²) in [5.74, 6) is 0.191. The molecule has 0 fully saturated rings. The van der Waals surface area contributed by atoms with Crippen molar-refractivity contribution in [3.63, 3.8) is 0 Å². The van der Waals surface area contributed by atoms with E-state index >= 15 is 0 Å². The Kier molecular flexibility index (Phi) is 5.87. The summed E-state index contributed by atoms with van der Waals surface area (Å²) in [4.78, 5) is 20.0. The number of benzene rings is 1. The highest BCUT2D eigenvalue weighted by molar-refractivity contribution is 6.31. The molecule has 0 aliphatic rings. The molecule has 0 atom stereocenters. The minimum absolute atomic E-state index is 0.00991. The number of nitrogens with zero attached hydrogens (tertiary/aromatic N) is 2. The fourth-order valence-electron chi connectivity index (χ4n) is 1.84. The maximum Gasteiger partial charge on any atom is 0.270 e. The highest BCUT2D eigenvalue weighted by Crippen LogP contribution is 2.21. The molecule has 1 heterocycles. The molecular formula is C16H18ClFN4O. The van der Waals surface area contributed by atoms with E-state index in [0.29, 0.717) is 24.0 Å². The summed E-state index contributed by atoms with van der Waals surface area (Å²) in [6.07, 6.45) is 2.20. The van der Waals surface area contributed by atoms with Crippen LogP contribution in [0.25, 0.3) is 0 Å². The van der Waals surface area contributed by atoms with Crippen LogP contribution in [0.4, 0.5) is 15.9 Å². The van der Waals surface area contributed by atoms with Gasteiger partial charge in [-0.15, -0.1) is 0 Å². The number of carbonyl (C=O) groups is 1. The van der Waals surface area contributed by atoms with Crippen LogP contribution >= 0.6 is 11.6 Å². The first-order chi connectivity index (χ1) is 11.0. The molecule has 23 heavy (non-hydrogen) atoms. The molecule has 1 aromatic carbocycles. The summed E-state index contributed by atoms with van der Waals surface area (Å²) in [5, 5.41) is 5.78. The smallest absolute Gasteiger partial charge is 0.270 e. The Morgan fingerprint density at radius 1 is 1.30 bits per heavy atom. The molecule has 2 rings (SSSR count). The van der Waals surface area contributed by atoms with Crippen molar-refractivity contribution in [2.75, 3.05) is 11.9 Å². The van der Waals surface area contributed by atoms with Gasteiger partial charge in [-0.25, -0.2) is 14.4 Å². The number of rotatable bonds is 6. The second-order valence-electron chi connectivity index (χ2n) is 5.48. The average Bonchev–Trinajstić information content (AvgIpc) is 2.51. The Labute approximate surface area is 139 Å². The second-order valence-corrected chi connectivity index (χ2v) is 5.89. The van der Waals surface area contributed by atoms with Gasteiger partial charge in [0.1, 0.15) is 23.7 Å². The van der Waals surface area contributed by atoms with Gasteiger partial charge < -0.3 is 10.6 Å². The summed E-state index contributed by atoms with van der Waals surface area (Å²) in [6, 6.07) is 5.76. The SMILES string of the molecule is CC(C)CCNC(=O)c1cc(Nc2ccc(F)c(Cl)c2)ncn1. The van der Waals surface area contributed by atoms with Gasteiger partial charge in [-0.1, -0.05) is 25.4 Å². The van der Waals surface area contributed by atoms with Crippen LogP contribution in [0.2, 0.25) is 5.02 Å². The van der Waals surface area contributed by atoms with Crippen molar-refractivity contribution in [2.24, 2.45) is 5.92 Å². The molecule has 0 aliphatic carbocycles. The van der Waals surface area contributed by atoms with Crippen LogP contribution in [0.3, 0.4) is 0 Å². The molecule has 0 aliphatic heterocycles.